The number of esters is 1. The fraction of sp³-hybridized carbons (Fsp3) is 0.800. The summed E-state index contributed by atoms with van der Waals surface area (Å²) in [4.78, 5) is 22.4. The summed E-state index contributed by atoms with van der Waals surface area (Å²) in [6.45, 7) is 0. The molecule has 0 heterocycles. The van der Waals surface area contributed by atoms with Crippen molar-refractivity contribution in [1.82, 2.24) is 5.32 Å². The zero-order valence-corrected chi connectivity index (χ0v) is 11.8. The van der Waals surface area contributed by atoms with E-state index in [4.69, 9.17) is 46.6 Å². The van der Waals surface area contributed by atoms with Crippen molar-refractivity contribution < 1.29 is 55.2 Å². The molecule has 0 fully saturated rings. The topological polar surface area (TPSA) is 243 Å². The maximum atomic E-state index is 11.2. The minimum Gasteiger partial charge on any atom is -0.411 e. The molecule has 2 atom stereocenters. The average molecular weight is 344 g/mol. The van der Waals surface area contributed by atoms with Crippen molar-refractivity contribution in [2.45, 2.75) is 49.8 Å². The third kappa shape index (κ3) is 8.12. The van der Waals surface area contributed by atoms with E-state index in [0.29, 0.717) is 0 Å². The SMILES string of the molecule is NC(O)(OC(=O)CCCCC(=O)NC(O)C(O)(O)O)C(O)(O)O. The van der Waals surface area contributed by atoms with E-state index in [1.807, 2.05) is 0 Å². The summed E-state index contributed by atoms with van der Waals surface area (Å²) in [5.74, 6) is -12.9. The monoisotopic (exact) mass is 344 g/mol. The van der Waals surface area contributed by atoms with E-state index in [1.54, 1.807) is 5.32 Å². The van der Waals surface area contributed by atoms with Crippen LogP contribution in [0.2, 0.25) is 0 Å². The van der Waals surface area contributed by atoms with Gasteiger partial charge in [0.2, 0.25) is 12.1 Å². The number of unbranched alkanes of at least 4 members (excludes halogenated alkanes) is 1. The largest absolute Gasteiger partial charge is 0.411 e. The lowest BCUT2D eigenvalue weighted by atomic mass is 10.2. The smallest absolute Gasteiger partial charge is 0.361 e. The van der Waals surface area contributed by atoms with Crippen molar-refractivity contribution in [1.29, 1.82) is 0 Å². The maximum absolute atomic E-state index is 11.2. The summed E-state index contributed by atoms with van der Waals surface area (Å²) in [6, 6.07) is 0. The molecule has 0 saturated heterocycles. The van der Waals surface area contributed by atoms with Crippen molar-refractivity contribution in [2.75, 3.05) is 0 Å². The number of carbonyl (C=O) groups is 2. The Hall–Kier alpha value is -1.42. The van der Waals surface area contributed by atoms with Crippen LogP contribution in [0.25, 0.3) is 0 Å². The minimum absolute atomic E-state index is 0.00374. The molecule has 13 nitrogen and oxygen atoms in total. The van der Waals surface area contributed by atoms with Gasteiger partial charge in [-0.15, -0.1) is 0 Å². The van der Waals surface area contributed by atoms with Crippen molar-refractivity contribution >= 4 is 11.9 Å². The number of aliphatic hydroxyl groups excluding tert-OH is 1. The quantitative estimate of drug-likeness (QED) is 0.107. The molecule has 0 aliphatic carbocycles. The molecule has 1 amide bonds. The molecule has 0 rings (SSSR count). The Kier molecular flexibility index (Phi) is 7.42. The van der Waals surface area contributed by atoms with E-state index in [2.05, 4.69) is 4.74 Å². The molecule has 2 unspecified atom stereocenters. The molecular weight excluding hydrogens is 324 g/mol. The van der Waals surface area contributed by atoms with Gasteiger partial charge >= 0.3 is 23.8 Å². The van der Waals surface area contributed by atoms with Gasteiger partial charge in [-0.1, -0.05) is 0 Å². The molecule has 0 aromatic carbocycles. The second-order valence-corrected chi connectivity index (χ2v) is 4.67. The number of rotatable bonds is 9. The average Bonchev–Trinajstić information content (AvgIpc) is 2.31. The van der Waals surface area contributed by atoms with Gasteiger partial charge in [-0.25, -0.2) is 0 Å². The van der Waals surface area contributed by atoms with Gasteiger partial charge in [0, 0.05) is 12.8 Å². The van der Waals surface area contributed by atoms with Crippen molar-refractivity contribution in [2.24, 2.45) is 5.73 Å². The van der Waals surface area contributed by atoms with E-state index in [0.717, 1.165) is 0 Å². The number of carbonyl (C=O) groups excluding carboxylic acids is 2. The molecule has 0 aromatic heterocycles. The molecule has 23 heavy (non-hydrogen) atoms. The molecule has 136 valence electrons. The summed E-state index contributed by atoms with van der Waals surface area (Å²) >= 11 is 0. The van der Waals surface area contributed by atoms with E-state index in [9.17, 15) is 9.59 Å². The number of hydrogen-bond donors (Lipinski definition) is 10. The molecule has 0 aliphatic rings. The van der Waals surface area contributed by atoms with Crippen LogP contribution in [0, 0.1) is 0 Å². The Labute approximate surface area is 129 Å². The van der Waals surface area contributed by atoms with Crippen LogP contribution in [0.1, 0.15) is 25.7 Å². The highest BCUT2D eigenvalue weighted by Crippen LogP contribution is 2.14. The summed E-state index contributed by atoms with van der Waals surface area (Å²) in [5.41, 5.74) is 4.74. The first-order valence-corrected chi connectivity index (χ1v) is 6.21. The van der Waals surface area contributed by atoms with Crippen LogP contribution in [-0.4, -0.2) is 76.8 Å². The zero-order valence-electron chi connectivity index (χ0n) is 11.8. The molecule has 0 bridgehead atoms. The first-order valence-electron chi connectivity index (χ1n) is 6.21. The van der Waals surface area contributed by atoms with Crippen LogP contribution >= 0.6 is 0 Å². The highest BCUT2D eigenvalue weighted by atomic mass is 16.8. The van der Waals surface area contributed by atoms with Crippen molar-refractivity contribution in [3.8, 4) is 0 Å². The van der Waals surface area contributed by atoms with Crippen LogP contribution in [0.4, 0.5) is 0 Å². The number of ether oxygens (including phenoxy) is 1. The van der Waals surface area contributed by atoms with E-state index >= 15 is 0 Å². The van der Waals surface area contributed by atoms with Crippen LogP contribution in [0.3, 0.4) is 0 Å². The number of aliphatic hydroxyl groups is 8. The van der Waals surface area contributed by atoms with E-state index in [-0.39, 0.29) is 19.3 Å². The van der Waals surface area contributed by atoms with Gasteiger partial charge in [-0.05, 0) is 12.8 Å². The summed E-state index contributed by atoms with van der Waals surface area (Å²) < 4.78 is 4.02. The van der Waals surface area contributed by atoms with Gasteiger partial charge in [0.1, 0.15) is 0 Å². The van der Waals surface area contributed by atoms with Gasteiger partial charge in [0.25, 0.3) is 0 Å². The molecular formula is C10H20N2O11. The van der Waals surface area contributed by atoms with Crippen LogP contribution in [0.5, 0.6) is 0 Å². The first-order chi connectivity index (χ1) is 10.2. The number of nitrogens with one attached hydrogen (secondary N) is 1. The second kappa shape index (κ2) is 7.91. The third-order valence-corrected chi connectivity index (χ3v) is 2.45. The van der Waals surface area contributed by atoms with Gasteiger partial charge in [0.15, 0.2) is 0 Å². The standard InChI is InChI=1S/C10H20N2O11/c11-9(19,10(20,21)22)23-6(14)4-2-1-3-5(13)12-7(15)8(16,17)18/h7,15-22H,1-4,11H2,(H,12,13). The molecule has 0 saturated carbocycles. The lowest BCUT2D eigenvalue weighted by Crippen LogP contribution is -2.63. The summed E-state index contributed by atoms with van der Waals surface area (Å²) in [6.07, 6.45) is -3.00. The van der Waals surface area contributed by atoms with Gasteiger partial charge in [-0.3, -0.25) is 15.3 Å². The van der Waals surface area contributed by atoms with Crippen LogP contribution in [-0.2, 0) is 14.3 Å². The minimum atomic E-state index is -3.87. The third-order valence-electron chi connectivity index (χ3n) is 2.45. The predicted octanol–water partition coefficient (Wildman–Crippen LogP) is -5.61. The Bertz CT molecular complexity index is 412. The lowest BCUT2D eigenvalue weighted by molar-refractivity contribution is -0.444. The van der Waals surface area contributed by atoms with Gasteiger partial charge < -0.3 is 50.9 Å². The van der Waals surface area contributed by atoms with Gasteiger partial charge in [-0.2, -0.15) is 0 Å². The zero-order chi connectivity index (χ0) is 18.5. The van der Waals surface area contributed by atoms with Gasteiger partial charge in [0.05, 0.1) is 0 Å². The highest BCUT2D eigenvalue weighted by molar-refractivity contribution is 5.76. The molecule has 0 spiro atoms. The van der Waals surface area contributed by atoms with Crippen molar-refractivity contribution in [3.05, 3.63) is 0 Å². The van der Waals surface area contributed by atoms with Crippen molar-refractivity contribution in [3.63, 3.8) is 0 Å². The van der Waals surface area contributed by atoms with E-state index < -0.39 is 42.4 Å². The number of amides is 1. The van der Waals surface area contributed by atoms with E-state index in [1.165, 1.54) is 0 Å². The maximum Gasteiger partial charge on any atom is 0.361 e. The Morgan fingerprint density at radius 2 is 1.48 bits per heavy atom. The fourth-order valence-electron chi connectivity index (χ4n) is 1.17. The lowest BCUT2D eigenvalue weighted by Gasteiger charge is -2.29. The summed E-state index contributed by atoms with van der Waals surface area (Å²) in [7, 11) is 0. The number of hydrogen-bond acceptors (Lipinski definition) is 12. The molecule has 0 radical (unpaired) electrons. The van der Waals surface area contributed by atoms with Crippen LogP contribution in [0.15, 0.2) is 0 Å². The Morgan fingerprint density at radius 3 is 1.91 bits per heavy atom. The predicted molar refractivity (Wildman–Crippen MR) is 66.6 cm³/mol. The first kappa shape index (κ1) is 21.6. The molecule has 0 aromatic rings. The molecule has 0 aliphatic heterocycles. The Balaban J connectivity index is 4.05. The fourth-order valence-corrected chi connectivity index (χ4v) is 1.17. The second-order valence-electron chi connectivity index (χ2n) is 4.67. The molecule has 11 N–H and O–H groups in total. The highest BCUT2D eigenvalue weighted by Gasteiger charge is 2.48. The van der Waals surface area contributed by atoms with Crippen LogP contribution < -0.4 is 11.1 Å². The normalized spacial score (nSPS) is 16.4. The Morgan fingerprint density at radius 1 is 1.00 bits per heavy atom. The molecule has 13 heteroatoms. The summed E-state index contributed by atoms with van der Waals surface area (Å²) in [5, 5.41) is 71.1. The number of nitrogens with two attached hydrogens (primary N) is 1.